The number of nitrogens with one attached hydrogen (secondary N) is 2. The van der Waals surface area contributed by atoms with Gasteiger partial charge in [0.25, 0.3) is 0 Å². The number of rotatable bonds is 9. The van der Waals surface area contributed by atoms with Gasteiger partial charge >= 0.3 is 0 Å². The molecule has 0 saturated heterocycles. The summed E-state index contributed by atoms with van der Waals surface area (Å²) in [7, 11) is 0. The fourth-order valence-corrected chi connectivity index (χ4v) is 2.34. The molecule has 0 bridgehead atoms. The molecule has 1 aromatic rings. The molecule has 1 heterocycles. The quantitative estimate of drug-likeness (QED) is 0.728. The van der Waals surface area contributed by atoms with Crippen molar-refractivity contribution in [2.45, 2.75) is 47.1 Å². The predicted molar refractivity (Wildman–Crippen MR) is 86.4 cm³/mol. The van der Waals surface area contributed by atoms with E-state index in [1.165, 1.54) is 5.56 Å². The lowest BCUT2D eigenvalue weighted by Crippen LogP contribution is -2.35. The highest BCUT2D eigenvalue weighted by molar-refractivity contribution is 5.57. The van der Waals surface area contributed by atoms with Crippen molar-refractivity contribution in [2.24, 2.45) is 0 Å². The molecule has 114 valence electrons. The van der Waals surface area contributed by atoms with Gasteiger partial charge in [-0.25, -0.2) is 9.97 Å². The molecule has 0 aliphatic carbocycles. The van der Waals surface area contributed by atoms with Gasteiger partial charge in [0.1, 0.15) is 18.0 Å². The summed E-state index contributed by atoms with van der Waals surface area (Å²) in [4.78, 5) is 11.2. The van der Waals surface area contributed by atoms with E-state index in [9.17, 15) is 0 Å². The van der Waals surface area contributed by atoms with Crippen LogP contribution in [0.3, 0.4) is 0 Å². The lowest BCUT2D eigenvalue weighted by molar-refractivity contribution is 0.294. The Balaban J connectivity index is 2.78. The molecule has 5 nitrogen and oxygen atoms in total. The van der Waals surface area contributed by atoms with Gasteiger partial charge in [-0.05, 0) is 33.4 Å². The van der Waals surface area contributed by atoms with Crippen LogP contribution in [-0.2, 0) is 6.42 Å². The largest absolute Gasteiger partial charge is 0.370 e. The maximum atomic E-state index is 4.41. The smallest absolute Gasteiger partial charge is 0.134 e. The van der Waals surface area contributed by atoms with Gasteiger partial charge in [-0.2, -0.15) is 0 Å². The van der Waals surface area contributed by atoms with E-state index in [0.29, 0.717) is 6.04 Å². The average Bonchev–Trinajstić information content (AvgIpc) is 2.45. The first kappa shape index (κ1) is 16.7. The lowest BCUT2D eigenvalue weighted by atomic mass is 10.2. The average molecular weight is 279 g/mol. The van der Waals surface area contributed by atoms with Crippen molar-refractivity contribution in [3.63, 3.8) is 0 Å². The molecule has 1 aromatic heterocycles. The first-order chi connectivity index (χ1) is 9.65. The second-order valence-corrected chi connectivity index (χ2v) is 4.96. The Morgan fingerprint density at radius 1 is 1.10 bits per heavy atom. The maximum absolute atomic E-state index is 4.41. The Morgan fingerprint density at radius 2 is 1.75 bits per heavy atom. The molecule has 0 spiro atoms. The van der Waals surface area contributed by atoms with Crippen LogP contribution in [0.25, 0.3) is 0 Å². The van der Waals surface area contributed by atoms with E-state index in [1.54, 1.807) is 6.33 Å². The molecule has 0 aliphatic rings. The van der Waals surface area contributed by atoms with E-state index in [-0.39, 0.29) is 0 Å². The summed E-state index contributed by atoms with van der Waals surface area (Å²) in [5, 5.41) is 6.83. The summed E-state index contributed by atoms with van der Waals surface area (Å²) in [5.74, 6) is 1.90. The number of nitrogens with zero attached hydrogens (tertiary/aromatic N) is 3. The standard InChI is InChI=1S/C15H29N5/c1-6-13-14(16-7-2)17-11-18-15(13)19-12(5)10-20(8-3)9-4/h11-12H,6-10H2,1-5H3,(H2,16,17,18,19). The molecule has 2 N–H and O–H groups in total. The third-order valence-corrected chi connectivity index (χ3v) is 3.45. The van der Waals surface area contributed by atoms with Crippen LogP contribution in [0.5, 0.6) is 0 Å². The van der Waals surface area contributed by atoms with Crippen LogP contribution in [0.1, 0.15) is 40.2 Å². The Hall–Kier alpha value is -1.36. The van der Waals surface area contributed by atoms with E-state index in [0.717, 1.165) is 44.2 Å². The molecule has 0 aromatic carbocycles. The lowest BCUT2D eigenvalue weighted by Gasteiger charge is -2.24. The van der Waals surface area contributed by atoms with Crippen LogP contribution in [0.2, 0.25) is 0 Å². The highest BCUT2D eigenvalue weighted by Crippen LogP contribution is 2.21. The van der Waals surface area contributed by atoms with Crippen molar-refractivity contribution in [3.05, 3.63) is 11.9 Å². The summed E-state index contributed by atoms with van der Waals surface area (Å²) >= 11 is 0. The predicted octanol–water partition coefficient (Wildman–Crippen LogP) is 2.61. The third-order valence-electron chi connectivity index (χ3n) is 3.45. The van der Waals surface area contributed by atoms with Gasteiger partial charge in [-0.15, -0.1) is 0 Å². The number of aromatic nitrogens is 2. The first-order valence-electron chi connectivity index (χ1n) is 7.72. The van der Waals surface area contributed by atoms with E-state index >= 15 is 0 Å². The zero-order valence-electron chi connectivity index (χ0n) is 13.5. The first-order valence-corrected chi connectivity index (χ1v) is 7.72. The summed E-state index contributed by atoms with van der Waals surface area (Å²) in [6, 6.07) is 0.365. The van der Waals surface area contributed by atoms with E-state index in [4.69, 9.17) is 0 Å². The fourth-order valence-electron chi connectivity index (χ4n) is 2.34. The molecule has 0 amide bonds. The second-order valence-electron chi connectivity index (χ2n) is 4.96. The zero-order valence-corrected chi connectivity index (χ0v) is 13.5. The fraction of sp³-hybridized carbons (Fsp3) is 0.733. The third kappa shape index (κ3) is 4.63. The monoisotopic (exact) mass is 279 g/mol. The topological polar surface area (TPSA) is 53.1 Å². The number of anilines is 2. The van der Waals surface area contributed by atoms with Gasteiger partial charge < -0.3 is 15.5 Å². The normalized spacial score (nSPS) is 12.5. The minimum atomic E-state index is 0.365. The maximum Gasteiger partial charge on any atom is 0.134 e. The molecule has 1 atom stereocenters. The van der Waals surface area contributed by atoms with Crippen LogP contribution in [0.4, 0.5) is 11.6 Å². The molecule has 0 radical (unpaired) electrons. The Kier molecular flexibility index (Phi) is 7.30. The number of hydrogen-bond acceptors (Lipinski definition) is 5. The Labute approximate surface area is 123 Å². The minimum Gasteiger partial charge on any atom is -0.370 e. The molecule has 1 rings (SSSR count). The SMILES string of the molecule is CCNc1ncnc(NC(C)CN(CC)CC)c1CC. The van der Waals surface area contributed by atoms with Crippen molar-refractivity contribution in [3.8, 4) is 0 Å². The second kappa shape index (κ2) is 8.74. The van der Waals surface area contributed by atoms with Gasteiger partial charge in [0.05, 0.1) is 0 Å². The number of hydrogen-bond donors (Lipinski definition) is 2. The molecule has 0 saturated carbocycles. The Morgan fingerprint density at radius 3 is 2.30 bits per heavy atom. The molecule has 1 unspecified atom stereocenters. The van der Waals surface area contributed by atoms with Gasteiger partial charge in [0, 0.05) is 24.7 Å². The summed E-state index contributed by atoms with van der Waals surface area (Å²) in [6.07, 6.45) is 2.55. The van der Waals surface area contributed by atoms with Crippen LogP contribution >= 0.6 is 0 Å². The molecule has 0 aliphatic heterocycles. The van der Waals surface area contributed by atoms with Crippen molar-refractivity contribution in [1.82, 2.24) is 14.9 Å². The molecule has 20 heavy (non-hydrogen) atoms. The van der Waals surface area contributed by atoms with Crippen molar-refractivity contribution < 1.29 is 0 Å². The van der Waals surface area contributed by atoms with Crippen molar-refractivity contribution in [2.75, 3.05) is 36.8 Å². The van der Waals surface area contributed by atoms with Crippen LogP contribution in [0.15, 0.2) is 6.33 Å². The highest BCUT2D eigenvalue weighted by Gasteiger charge is 2.13. The minimum absolute atomic E-state index is 0.365. The van der Waals surface area contributed by atoms with Gasteiger partial charge in [0.15, 0.2) is 0 Å². The summed E-state index contributed by atoms with van der Waals surface area (Å²) < 4.78 is 0. The molecule has 0 fully saturated rings. The van der Waals surface area contributed by atoms with E-state index in [1.807, 2.05) is 0 Å². The molecular weight excluding hydrogens is 250 g/mol. The molecular formula is C15H29N5. The van der Waals surface area contributed by atoms with E-state index in [2.05, 4.69) is 60.1 Å². The molecule has 5 heteroatoms. The van der Waals surface area contributed by atoms with Crippen LogP contribution in [0, 0.1) is 0 Å². The van der Waals surface area contributed by atoms with Gasteiger partial charge in [-0.1, -0.05) is 20.8 Å². The van der Waals surface area contributed by atoms with Crippen molar-refractivity contribution >= 4 is 11.6 Å². The summed E-state index contributed by atoms with van der Waals surface area (Å²) in [6.45, 7) is 14.9. The van der Waals surface area contributed by atoms with Gasteiger partial charge in [0.2, 0.25) is 0 Å². The van der Waals surface area contributed by atoms with Crippen LogP contribution in [-0.4, -0.2) is 47.1 Å². The number of likely N-dealkylation sites (N-methyl/N-ethyl adjacent to an activating group) is 1. The zero-order chi connectivity index (χ0) is 15.0. The van der Waals surface area contributed by atoms with E-state index < -0.39 is 0 Å². The Bertz CT molecular complexity index is 390. The summed E-state index contributed by atoms with van der Waals surface area (Å²) in [5.41, 5.74) is 1.17. The van der Waals surface area contributed by atoms with Crippen molar-refractivity contribution in [1.29, 1.82) is 0 Å². The van der Waals surface area contributed by atoms with Crippen LogP contribution < -0.4 is 10.6 Å². The van der Waals surface area contributed by atoms with Gasteiger partial charge in [-0.3, -0.25) is 0 Å². The highest BCUT2D eigenvalue weighted by atomic mass is 15.2.